The standard InChI is InChI=1S/C15H16ClIN2O/c1-2-7-20-15-9-11(4-5-13(15)18)19-14-6-3-10(17)8-12(14)16/h3-6,8-9,19H,2,7,18H2,1H3. The SMILES string of the molecule is CCCOc1cc(Nc2ccc(I)cc2Cl)ccc1N. The summed E-state index contributed by atoms with van der Waals surface area (Å²) in [5.74, 6) is 0.693. The topological polar surface area (TPSA) is 47.3 Å². The Balaban J connectivity index is 2.20. The highest BCUT2D eigenvalue weighted by Crippen LogP contribution is 2.31. The third-order valence-electron chi connectivity index (χ3n) is 2.69. The quantitative estimate of drug-likeness (QED) is 0.543. The third kappa shape index (κ3) is 3.93. The summed E-state index contributed by atoms with van der Waals surface area (Å²) in [4.78, 5) is 0. The summed E-state index contributed by atoms with van der Waals surface area (Å²) in [5, 5.41) is 3.96. The molecule has 2 rings (SSSR count). The molecule has 3 N–H and O–H groups in total. The number of hydrogen-bond acceptors (Lipinski definition) is 3. The molecule has 0 saturated carbocycles. The van der Waals surface area contributed by atoms with Gasteiger partial charge in [-0.25, -0.2) is 0 Å². The zero-order valence-corrected chi connectivity index (χ0v) is 14.0. The molecule has 0 saturated heterocycles. The van der Waals surface area contributed by atoms with Gasteiger partial charge in [-0.15, -0.1) is 0 Å². The summed E-state index contributed by atoms with van der Waals surface area (Å²) in [5.41, 5.74) is 8.29. The Morgan fingerprint density at radius 2 is 2.05 bits per heavy atom. The van der Waals surface area contributed by atoms with Crippen LogP contribution in [-0.4, -0.2) is 6.61 Å². The lowest BCUT2D eigenvalue weighted by Crippen LogP contribution is -2.00. The maximum Gasteiger partial charge on any atom is 0.144 e. The maximum atomic E-state index is 6.21. The largest absolute Gasteiger partial charge is 0.491 e. The fraction of sp³-hybridized carbons (Fsp3) is 0.200. The van der Waals surface area contributed by atoms with Crippen molar-refractivity contribution in [3.8, 4) is 5.75 Å². The van der Waals surface area contributed by atoms with Gasteiger partial charge in [0.1, 0.15) is 5.75 Å². The van der Waals surface area contributed by atoms with Crippen LogP contribution in [0.4, 0.5) is 17.1 Å². The van der Waals surface area contributed by atoms with Gasteiger partial charge in [-0.05, 0) is 59.3 Å². The van der Waals surface area contributed by atoms with Crippen molar-refractivity contribution in [2.75, 3.05) is 17.7 Å². The minimum atomic E-state index is 0.637. The van der Waals surface area contributed by atoms with E-state index in [1.165, 1.54) is 0 Å². The molecule has 0 aliphatic carbocycles. The van der Waals surface area contributed by atoms with E-state index < -0.39 is 0 Å². The Labute approximate surface area is 137 Å². The van der Waals surface area contributed by atoms with Crippen molar-refractivity contribution in [2.45, 2.75) is 13.3 Å². The molecule has 0 spiro atoms. The van der Waals surface area contributed by atoms with Crippen molar-refractivity contribution in [1.82, 2.24) is 0 Å². The van der Waals surface area contributed by atoms with Gasteiger partial charge in [0, 0.05) is 15.3 Å². The molecule has 0 aliphatic rings. The second-order valence-corrected chi connectivity index (χ2v) is 6.00. The Hall–Kier alpha value is -1.14. The van der Waals surface area contributed by atoms with E-state index >= 15 is 0 Å². The fourth-order valence-electron chi connectivity index (χ4n) is 1.70. The molecule has 0 amide bonds. The van der Waals surface area contributed by atoms with Crippen molar-refractivity contribution in [2.24, 2.45) is 0 Å². The van der Waals surface area contributed by atoms with E-state index in [0.29, 0.717) is 23.1 Å². The molecule has 0 radical (unpaired) electrons. The second-order valence-electron chi connectivity index (χ2n) is 4.35. The molecule has 3 nitrogen and oxygen atoms in total. The van der Waals surface area contributed by atoms with Crippen LogP contribution < -0.4 is 15.8 Å². The first-order valence-electron chi connectivity index (χ1n) is 6.34. The van der Waals surface area contributed by atoms with Gasteiger partial charge in [-0.3, -0.25) is 0 Å². The zero-order valence-electron chi connectivity index (χ0n) is 11.1. The van der Waals surface area contributed by atoms with E-state index in [4.69, 9.17) is 22.1 Å². The van der Waals surface area contributed by atoms with Gasteiger partial charge in [0.2, 0.25) is 0 Å². The highest BCUT2D eigenvalue weighted by molar-refractivity contribution is 14.1. The summed E-state index contributed by atoms with van der Waals surface area (Å²) in [6, 6.07) is 11.5. The molecule has 20 heavy (non-hydrogen) atoms. The van der Waals surface area contributed by atoms with E-state index in [-0.39, 0.29) is 0 Å². The van der Waals surface area contributed by atoms with Crippen molar-refractivity contribution in [3.63, 3.8) is 0 Å². The molecule has 0 aliphatic heterocycles. The van der Waals surface area contributed by atoms with Gasteiger partial charge in [0.05, 0.1) is 23.0 Å². The average molecular weight is 403 g/mol. The zero-order chi connectivity index (χ0) is 14.5. The van der Waals surface area contributed by atoms with Crippen LogP contribution in [-0.2, 0) is 0 Å². The number of hydrogen-bond donors (Lipinski definition) is 2. The Kier molecular flexibility index (Phi) is 5.37. The molecule has 0 fully saturated rings. The summed E-state index contributed by atoms with van der Waals surface area (Å²) in [7, 11) is 0. The number of benzene rings is 2. The van der Waals surface area contributed by atoms with E-state index in [0.717, 1.165) is 21.4 Å². The highest BCUT2D eigenvalue weighted by atomic mass is 127. The predicted molar refractivity (Wildman–Crippen MR) is 94.1 cm³/mol. The summed E-state index contributed by atoms with van der Waals surface area (Å²) >= 11 is 8.44. The van der Waals surface area contributed by atoms with E-state index in [9.17, 15) is 0 Å². The smallest absolute Gasteiger partial charge is 0.144 e. The van der Waals surface area contributed by atoms with Crippen LogP contribution in [0.5, 0.6) is 5.75 Å². The first-order valence-corrected chi connectivity index (χ1v) is 7.80. The second kappa shape index (κ2) is 7.04. The minimum absolute atomic E-state index is 0.637. The molecule has 2 aromatic carbocycles. The minimum Gasteiger partial charge on any atom is -0.491 e. The number of ether oxygens (including phenoxy) is 1. The van der Waals surface area contributed by atoms with Crippen LogP contribution in [0.2, 0.25) is 5.02 Å². The monoisotopic (exact) mass is 402 g/mol. The third-order valence-corrected chi connectivity index (χ3v) is 3.67. The van der Waals surface area contributed by atoms with Crippen LogP contribution in [0.3, 0.4) is 0 Å². The highest BCUT2D eigenvalue weighted by Gasteiger charge is 2.05. The first kappa shape index (κ1) is 15.3. The van der Waals surface area contributed by atoms with Crippen LogP contribution in [0, 0.1) is 3.57 Å². The number of nitrogens with one attached hydrogen (secondary N) is 1. The van der Waals surface area contributed by atoms with Gasteiger partial charge >= 0.3 is 0 Å². The maximum absolute atomic E-state index is 6.21. The summed E-state index contributed by atoms with van der Waals surface area (Å²) in [6.45, 7) is 2.71. The number of nitrogen functional groups attached to an aromatic ring is 1. The van der Waals surface area contributed by atoms with Crippen LogP contribution in [0.15, 0.2) is 36.4 Å². The van der Waals surface area contributed by atoms with Gasteiger partial charge in [0.25, 0.3) is 0 Å². The van der Waals surface area contributed by atoms with Gasteiger partial charge in [0.15, 0.2) is 0 Å². The molecular formula is C15H16ClIN2O. The first-order chi connectivity index (χ1) is 9.60. The molecule has 106 valence electrons. The van der Waals surface area contributed by atoms with Gasteiger partial charge in [-0.1, -0.05) is 18.5 Å². The van der Waals surface area contributed by atoms with Crippen molar-refractivity contribution >= 4 is 51.3 Å². The molecular weight excluding hydrogens is 387 g/mol. The van der Waals surface area contributed by atoms with Crippen molar-refractivity contribution < 1.29 is 4.74 Å². The van der Waals surface area contributed by atoms with Crippen molar-refractivity contribution in [1.29, 1.82) is 0 Å². The molecule has 0 unspecified atom stereocenters. The Morgan fingerprint density at radius 3 is 2.75 bits per heavy atom. The molecule has 0 atom stereocenters. The fourth-order valence-corrected chi connectivity index (χ4v) is 2.60. The van der Waals surface area contributed by atoms with Crippen LogP contribution in [0.1, 0.15) is 13.3 Å². The Bertz CT molecular complexity index is 604. The predicted octanol–water partition coefficient (Wildman–Crippen LogP) is 5.06. The number of rotatable bonds is 5. The summed E-state index contributed by atoms with van der Waals surface area (Å²) in [6.07, 6.45) is 0.944. The summed E-state index contributed by atoms with van der Waals surface area (Å²) < 4.78 is 6.71. The van der Waals surface area contributed by atoms with E-state index in [1.54, 1.807) is 0 Å². The van der Waals surface area contributed by atoms with E-state index in [2.05, 4.69) is 34.8 Å². The van der Waals surface area contributed by atoms with Gasteiger partial charge < -0.3 is 15.8 Å². The normalized spacial score (nSPS) is 10.3. The molecule has 5 heteroatoms. The lowest BCUT2D eigenvalue weighted by molar-refractivity contribution is 0.319. The number of halogens is 2. The Morgan fingerprint density at radius 1 is 1.25 bits per heavy atom. The van der Waals surface area contributed by atoms with Crippen LogP contribution in [0.25, 0.3) is 0 Å². The number of nitrogens with two attached hydrogens (primary N) is 1. The lowest BCUT2D eigenvalue weighted by Gasteiger charge is -2.12. The van der Waals surface area contributed by atoms with E-state index in [1.807, 2.05) is 36.4 Å². The van der Waals surface area contributed by atoms with Crippen LogP contribution >= 0.6 is 34.2 Å². The molecule has 0 bridgehead atoms. The molecule has 0 aromatic heterocycles. The lowest BCUT2D eigenvalue weighted by atomic mass is 10.2. The number of anilines is 3. The molecule has 0 heterocycles. The van der Waals surface area contributed by atoms with Gasteiger partial charge in [-0.2, -0.15) is 0 Å². The average Bonchev–Trinajstić information content (AvgIpc) is 2.42. The molecule has 2 aromatic rings. The van der Waals surface area contributed by atoms with Crippen molar-refractivity contribution in [3.05, 3.63) is 45.0 Å².